The number of anilines is 1. The largest absolute Gasteiger partial charge is 0.368 e. The summed E-state index contributed by atoms with van der Waals surface area (Å²) in [5.74, 6) is 0.0534. The Bertz CT molecular complexity index is 681. The summed E-state index contributed by atoms with van der Waals surface area (Å²) in [5, 5.41) is 0. The van der Waals surface area contributed by atoms with E-state index in [-0.39, 0.29) is 5.91 Å². The van der Waals surface area contributed by atoms with E-state index in [4.69, 9.17) is 0 Å². The topological polar surface area (TPSA) is 36.4 Å². The average Bonchev–Trinajstić information content (AvgIpc) is 2.54. The average molecular weight is 360 g/mol. The van der Waals surface area contributed by atoms with Gasteiger partial charge in [-0.3, -0.25) is 9.78 Å². The molecule has 2 heterocycles. The maximum absolute atomic E-state index is 12.5. The molecule has 4 nitrogen and oxygen atoms in total. The molecule has 3 rings (SSSR count). The van der Waals surface area contributed by atoms with Crippen LogP contribution in [0.25, 0.3) is 0 Å². The van der Waals surface area contributed by atoms with E-state index in [2.05, 4.69) is 57.0 Å². The van der Waals surface area contributed by atoms with Crippen LogP contribution < -0.4 is 4.90 Å². The first-order valence-electron chi connectivity index (χ1n) is 7.35. The molecule has 0 spiro atoms. The minimum absolute atomic E-state index is 0.0534. The highest BCUT2D eigenvalue weighted by Gasteiger charge is 2.22. The van der Waals surface area contributed by atoms with Crippen molar-refractivity contribution in [1.82, 2.24) is 9.88 Å². The first-order chi connectivity index (χ1) is 10.6. The number of aryl methyl sites for hydroxylation is 1. The number of nitrogens with zero attached hydrogens (tertiary/aromatic N) is 3. The first kappa shape index (κ1) is 15.0. The lowest BCUT2D eigenvalue weighted by molar-refractivity contribution is 0.0746. The van der Waals surface area contributed by atoms with Gasteiger partial charge in [0.15, 0.2) is 0 Å². The van der Waals surface area contributed by atoms with Crippen LogP contribution in [0.2, 0.25) is 0 Å². The van der Waals surface area contributed by atoms with Crippen LogP contribution in [0, 0.1) is 6.92 Å². The van der Waals surface area contributed by atoms with E-state index in [1.807, 2.05) is 11.0 Å². The van der Waals surface area contributed by atoms with E-state index in [1.165, 1.54) is 11.3 Å². The summed E-state index contributed by atoms with van der Waals surface area (Å²) in [6.07, 6.45) is 3.31. The second-order valence-corrected chi connectivity index (χ2v) is 6.43. The molecular weight excluding hydrogens is 342 g/mol. The number of pyridine rings is 1. The lowest BCUT2D eigenvalue weighted by atomic mass is 10.1. The first-order valence-corrected chi connectivity index (χ1v) is 8.14. The van der Waals surface area contributed by atoms with Crippen molar-refractivity contribution >= 4 is 27.5 Å². The van der Waals surface area contributed by atoms with Gasteiger partial charge in [0.2, 0.25) is 0 Å². The van der Waals surface area contributed by atoms with Crippen molar-refractivity contribution in [2.45, 2.75) is 6.92 Å². The Hall–Kier alpha value is -1.88. The lowest BCUT2D eigenvalue weighted by Crippen LogP contribution is -2.48. The van der Waals surface area contributed by atoms with Gasteiger partial charge in [-0.2, -0.15) is 0 Å². The third kappa shape index (κ3) is 3.30. The van der Waals surface area contributed by atoms with Crippen LogP contribution in [0.15, 0.2) is 47.2 Å². The summed E-state index contributed by atoms with van der Waals surface area (Å²) in [4.78, 5) is 20.8. The van der Waals surface area contributed by atoms with E-state index < -0.39 is 0 Å². The molecule has 114 valence electrons. The second kappa shape index (κ2) is 6.48. The molecule has 0 aliphatic carbocycles. The van der Waals surface area contributed by atoms with Gasteiger partial charge in [0.1, 0.15) is 0 Å². The van der Waals surface area contributed by atoms with Crippen molar-refractivity contribution < 1.29 is 4.79 Å². The van der Waals surface area contributed by atoms with E-state index >= 15 is 0 Å². The highest BCUT2D eigenvalue weighted by atomic mass is 79.9. The maximum Gasteiger partial charge on any atom is 0.255 e. The quantitative estimate of drug-likeness (QED) is 0.826. The molecule has 5 heteroatoms. The van der Waals surface area contributed by atoms with Gasteiger partial charge < -0.3 is 9.80 Å². The molecule has 22 heavy (non-hydrogen) atoms. The van der Waals surface area contributed by atoms with Crippen LogP contribution in [0.1, 0.15) is 15.9 Å². The summed E-state index contributed by atoms with van der Waals surface area (Å²) in [6, 6.07) is 10.3. The molecule has 0 bridgehead atoms. The lowest BCUT2D eigenvalue weighted by Gasteiger charge is -2.36. The van der Waals surface area contributed by atoms with Crippen molar-refractivity contribution in [1.29, 1.82) is 0 Å². The van der Waals surface area contributed by atoms with Crippen LogP contribution in [0.5, 0.6) is 0 Å². The van der Waals surface area contributed by atoms with Gasteiger partial charge in [0.25, 0.3) is 5.91 Å². The zero-order valence-electron chi connectivity index (χ0n) is 12.5. The second-order valence-electron chi connectivity index (χ2n) is 5.51. The predicted octanol–water partition coefficient (Wildman–Crippen LogP) is 3.11. The fourth-order valence-electron chi connectivity index (χ4n) is 2.70. The third-order valence-electron chi connectivity index (χ3n) is 3.89. The van der Waals surface area contributed by atoms with Crippen LogP contribution in [-0.2, 0) is 0 Å². The van der Waals surface area contributed by atoms with Gasteiger partial charge in [-0.1, -0.05) is 12.1 Å². The minimum atomic E-state index is 0.0534. The number of carbonyl (C=O) groups is 1. The molecular formula is C17H18BrN3O. The molecule has 1 aliphatic heterocycles. The maximum atomic E-state index is 12.5. The van der Waals surface area contributed by atoms with Crippen molar-refractivity contribution in [3.63, 3.8) is 0 Å². The molecule has 1 amide bonds. The number of halogens is 1. The van der Waals surface area contributed by atoms with E-state index in [9.17, 15) is 4.79 Å². The summed E-state index contributed by atoms with van der Waals surface area (Å²) in [5.41, 5.74) is 3.13. The highest BCUT2D eigenvalue weighted by Crippen LogP contribution is 2.19. The standard InChI is InChI=1S/C17H18BrN3O/c1-13-3-2-4-16(9-13)20-5-7-21(8-6-20)17(22)14-10-15(18)12-19-11-14/h2-4,9-12H,5-8H2,1H3. The van der Waals surface area contributed by atoms with Crippen LogP contribution in [0.4, 0.5) is 5.69 Å². The van der Waals surface area contributed by atoms with Gasteiger partial charge >= 0.3 is 0 Å². The molecule has 1 aliphatic rings. The highest BCUT2D eigenvalue weighted by molar-refractivity contribution is 9.10. The summed E-state index contributed by atoms with van der Waals surface area (Å²) < 4.78 is 0.830. The molecule has 0 radical (unpaired) electrons. The normalized spacial score (nSPS) is 15.0. The van der Waals surface area contributed by atoms with E-state index in [1.54, 1.807) is 12.4 Å². The molecule has 1 fully saturated rings. The number of hydrogen-bond acceptors (Lipinski definition) is 3. The molecule has 0 N–H and O–H groups in total. The third-order valence-corrected chi connectivity index (χ3v) is 4.32. The van der Waals surface area contributed by atoms with Crippen LogP contribution in [-0.4, -0.2) is 42.0 Å². The summed E-state index contributed by atoms with van der Waals surface area (Å²) in [6.45, 7) is 5.29. The smallest absolute Gasteiger partial charge is 0.255 e. The number of carbonyl (C=O) groups excluding carboxylic acids is 1. The number of hydrogen-bond donors (Lipinski definition) is 0. The van der Waals surface area contributed by atoms with Gasteiger partial charge in [0.05, 0.1) is 5.56 Å². The molecule has 0 unspecified atom stereocenters. The van der Waals surface area contributed by atoms with Crippen molar-refractivity contribution in [3.8, 4) is 0 Å². The van der Waals surface area contributed by atoms with Crippen LogP contribution >= 0.6 is 15.9 Å². The number of piperazine rings is 1. The Morgan fingerprint density at radius 2 is 1.91 bits per heavy atom. The summed E-state index contributed by atoms with van der Waals surface area (Å²) in [7, 11) is 0. The Labute approximate surface area is 138 Å². The fourth-order valence-corrected chi connectivity index (χ4v) is 3.07. The van der Waals surface area contributed by atoms with Gasteiger partial charge in [-0.15, -0.1) is 0 Å². The summed E-state index contributed by atoms with van der Waals surface area (Å²) >= 11 is 3.36. The number of rotatable bonds is 2. The molecule has 0 saturated carbocycles. The Morgan fingerprint density at radius 3 is 2.59 bits per heavy atom. The van der Waals surface area contributed by atoms with Gasteiger partial charge in [-0.05, 0) is 46.6 Å². The number of benzene rings is 1. The van der Waals surface area contributed by atoms with Crippen molar-refractivity contribution in [3.05, 3.63) is 58.3 Å². The van der Waals surface area contributed by atoms with Crippen molar-refractivity contribution in [2.75, 3.05) is 31.1 Å². The zero-order valence-corrected chi connectivity index (χ0v) is 14.1. The van der Waals surface area contributed by atoms with Crippen LogP contribution in [0.3, 0.4) is 0 Å². The Balaban J connectivity index is 1.65. The number of aromatic nitrogens is 1. The number of amides is 1. The monoisotopic (exact) mass is 359 g/mol. The van der Waals surface area contributed by atoms with E-state index in [0.717, 1.165) is 30.7 Å². The molecule has 0 atom stereocenters. The molecule has 1 saturated heterocycles. The SMILES string of the molecule is Cc1cccc(N2CCN(C(=O)c3cncc(Br)c3)CC2)c1. The Kier molecular flexibility index (Phi) is 4.43. The zero-order chi connectivity index (χ0) is 15.5. The van der Waals surface area contributed by atoms with E-state index in [0.29, 0.717) is 5.56 Å². The molecule has 1 aromatic heterocycles. The molecule has 2 aromatic rings. The van der Waals surface area contributed by atoms with Crippen molar-refractivity contribution in [2.24, 2.45) is 0 Å². The minimum Gasteiger partial charge on any atom is -0.368 e. The van der Waals surface area contributed by atoms with Gasteiger partial charge in [0, 0.05) is 48.7 Å². The van der Waals surface area contributed by atoms with Gasteiger partial charge in [-0.25, -0.2) is 0 Å². The fraction of sp³-hybridized carbons (Fsp3) is 0.294. The molecule has 1 aromatic carbocycles. The Morgan fingerprint density at radius 1 is 1.14 bits per heavy atom. The predicted molar refractivity (Wildman–Crippen MR) is 91.2 cm³/mol.